The number of hydrogen-bond donors (Lipinski definition) is 0. The van der Waals surface area contributed by atoms with Crippen molar-refractivity contribution in [2.45, 2.75) is 15.4 Å². The lowest BCUT2D eigenvalue weighted by Crippen LogP contribution is -2.21. The maximum atomic E-state index is 2.37. The van der Waals surface area contributed by atoms with Crippen LogP contribution in [-0.4, -0.2) is 11.8 Å². The molecular weight excluding hydrogens is 258 g/mol. The third kappa shape index (κ3) is 2.38. The Bertz CT molecular complexity index is 527. The van der Waals surface area contributed by atoms with E-state index >= 15 is 0 Å². The highest BCUT2D eigenvalue weighted by Gasteiger charge is 2.26. The van der Waals surface area contributed by atoms with Crippen LogP contribution in [0.15, 0.2) is 59.5 Å². The highest BCUT2D eigenvalue weighted by molar-refractivity contribution is 8.17. The van der Waals surface area contributed by atoms with E-state index in [1.165, 1.54) is 16.1 Å². The number of anilines is 1. The molecule has 0 radical (unpaired) electrons. The van der Waals surface area contributed by atoms with Crippen molar-refractivity contribution >= 4 is 29.2 Å². The summed E-state index contributed by atoms with van der Waals surface area (Å²) in [5, 5.41) is 0. The van der Waals surface area contributed by atoms with Gasteiger partial charge in [0.15, 0.2) is 0 Å². The number of rotatable bonds is 3. The largest absolute Gasteiger partial charge is 0.353 e. The summed E-state index contributed by atoms with van der Waals surface area (Å²) in [5.74, 6) is 1.07. The van der Waals surface area contributed by atoms with Gasteiger partial charge in [0.1, 0.15) is 4.71 Å². The van der Waals surface area contributed by atoms with Crippen molar-refractivity contribution in [3.63, 3.8) is 0 Å². The molecular formula is C15H15NS2. The van der Waals surface area contributed by atoms with E-state index < -0.39 is 0 Å². The summed E-state index contributed by atoms with van der Waals surface area (Å²) < 4.78 is 0.489. The zero-order valence-electron chi connectivity index (χ0n) is 10.2. The molecule has 3 rings (SSSR count). The molecule has 3 heteroatoms. The van der Waals surface area contributed by atoms with Gasteiger partial charge in [0.2, 0.25) is 0 Å². The van der Waals surface area contributed by atoms with Crippen LogP contribution in [0.3, 0.4) is 0 Å². The summed E-state index contributed by atoms with van der Waals surface area (Å²) in [5.41, 5.74) is 2.75. The average Bonchev–Trinajstić information content (AvgIpc) is 2.75. The van der Waals surface area contributed by atoms with E-state index in [9.17, 15) is 0 Å². The van der Waals surface area contributed by atoms with E-state index in [0.717, 1.165) is 5.75 Å². The Labute approximate surface area is 117 Å². The number of thioether (sulfide) groups is 2. The van der Waals surface area contributed by atoms with E-state index in [1.54, 1.807) is 0 Å². The standard InChI is InChI=1S/C15H15NS2/c1-16-13-9-5-6-10-14(13)18-15(16)17-11-12-7-3-2-4-8-12/h2-10,15H,11H2,1H3. The van der Waals surface area contributed by atoms with Crippen molar-refractivity contribution in [1.82, 2.24) is 0 Å². The number of para-hydroxylation sites is 1. The molecule has 0 saturated carbocycles. The Morgan fingerprint density at radius 3 is 2.56 bits per heavy atom. The molecule has 18 heavy (non-hydrogen) atoms. The monoisotopic (exact) mass is 273 g/mol. The van der Waals surface area contributed by atoms with E-state index in [-0.39, 0.29) is 0 Å². The van der Waals surface area contributed by atoms with Crippen molar-refractivity contribution in [3.05, 3.63) is 60.2 Å². The van der Waals surface area contributed by atoms with Crippen LogP contribution in [0.2, 0.25) is 0 Å². The lowest BCUT2D eigenvalue weighted by molar-refractivity contribution is 1.06. The van der Waals surface area contributed by atoms with Gasteiger partial charge in [-0.05, 0) is 17.7 Å². The first kappa shape index (κ1) is 12.0. The summed E-state index contributed by atoms with van der Waals surface area (Å²) in [6.45, 7) is 0. The van der Waals surface area contributed by atoms with E-state index in [0.29, 0.717) is 4.71 Å². The maximum Gasteiger partial charge on any atom is 0.127 e. The second-order valence-electron chi connectivity index (χ2n) is 4.30. The van der Waals surface area contributed by atoms with Gasteiger partial charge in [0, 0.05) is 17.7 Å². The Hall–Kier alpha value is -1.06. The zero-order valence-corrected chi connectivity index (χ0v) is 11.9. The first-order chi connectivity index (χ1) is 8.84. The van der Waals surface area contributed by atoms with Crippen LogP contribution < -0.4 is 4.90 Å². The second kappa shape index (κ2) is 5.29. The first-order valence-electron chi connectivity index (χ1n) is 5.98. The van der Waals surface area contributed by atoms with Gasteiger partial charge in [-0.3, -0.25) is 0 Å². The topological polar surface area (TPSA) is 3.24 Å². The number of hydrogen-bond acceptors (Lipinski definition) is 3. The summed E-state index contributed by atoms with van der Waals surface area (Å²) in [7, 11) is 2.18. The number of nitrogens with zero attached hydrogens (tertiary/aromatic N) is 1. The molecule has 1 aliphatic rings. The predicted molar refractivity (Wildman–Crippen MR) is 82.2 cm³/mol. The molecule has 1 aliphatic heterocycles. The summed E-state index contributed by atoms with van der Waals surface area (Å²) in [6, 6.07) is 19.3. The lowest BCUT2D eigenvalue weighted by atomic mass is 10.2. The van der Waals surface area contributed by atoms with Gasteiger partial charge in [0.05, 0.1) is 5.69 Å². The molecule has 0 aromatic heterocycles. The molecule has 0 aliphatic carbocycles. The van der Waals surface area contributed by atoms with Crippen molar-refractivity contribution in [2.24, 2.45) is 0 Å². The minimum Gasteiger partial charge on any atom is -0.353 e. The van der Waals surface area contributed by atoms with Crippen molar-refractivity contribution < 1.29 is 0 Å². The van der Waals surface area contributed by atoms with Gasteiger partial charge < -0.3 is 4.90 Å². The maximum absolute atomic E-state index is 2.37. The van der Waals surface area contributed by atoms with Crippen molar-refractivity contribution in [1.29, 1.82) is 0 Å². The second-order valence-corrected chi connectivity index (χ2v) is 6.79. The van der Waals surface area contributed by atoms with Crippen LogP contribution in [0.5, 0.6) is 0 Å². The minimum atomic E-state index is 0.489. The van der Waals surface area contributed by atoms with Crippen molar-refractivity contribution in [3.8, 4) is 0 Å². The van der Waals surface area contributed by atoms with E-state index in [2.05, 4.69) is 66.5 Å². The third-order valence-corrected chi connectivity index (χ3v) is 5.94. The molecule has 1 heterocycles. The van der Waals surface area contributed by atoms with E-state index in [4.69, 9.17) is 0 Å². The summed E-state index contributed by atoms with van der Waals surface area (Å²) in [4.78, 5) is 3.76. The lowest BCUT2D eigenvalue weighted by Gasteiger charge is -2.20. The van der Waals surface area contributed by atoms with Crippen molar-refractivity contribution in [2.75, 3.05) is 11.9 Å². The predicted octanol–water partition coefficient (Wildman–Crippen LogP) is 4.45. The zero-order chi connectivity index (χ0) is 12.4. The Balaban J connectivity index is 1.66. The normalized spacial score (nSPS) is 17.8. The van der Waals surface area contributed by atoms with Crippen LogP contribution in [0, 0.1) is 0 Å². The van der Waals surface area contributed by atoms with Crippen LogP contribution in [0.4, 0.5) is 5.69 Å². The highest BCUT2D eigenvalue weighted by atomic mass is 32.2. The number of fused-ring (bicyclic) bond motifs is 1. The molecule has 2 aromatic rings. The van der Waals surface area contributed by atoms with Crippen LogP contribution in [0.25, 0.3) is 0 Å². The van der Waals surface area contributed by atoms with Gasteiger partial charge in [0.25, 0.3) is 0 Å². The summed E-state index contributed by atoms with van der Waals surface area (Å²) in [6.07, 6.45) is 0. The van der Waals surface area contributed by atoms with Gasteiger partial charge in [-0.25, -0.2) is 0 Å². The summed E-state index contributed by atoms with van der Waals surface area (Å²) >= 11 is 3.94. The van der Waals surface area contributed by atoms with Crippen LogP contribution in [0.1, 0.15) is 5.56 Å². The van der Waals surface area contributed by atoms with Gasteiger partial charge in [-0.2, -0.15) is 0 Å². The fraction of sp³-hybridized carbons (Fsp3) is 0.200. The molecule has 0 saturated heterocycles. The molecule has 2 aromatic carbocycles. The third-order valence-electron chi connectivity index (χ3n) is 3.02. The SMILES string of the molecule is CN1c2ccccc2SC1SCc1ccccc1. The molecule has 1 atom stereocenters. The molecule has 1 nitrogen and oxygen atoms in total. The fourth-order valence-corrected chi connectivity index (χ4v) is 4.67. The quantitative estimate of drug-likeness (QED) is 0.813. The van der Waals surface area contributed by atoms with Crippen LogP contribution >= 0.6 is 23.5 Å². The highest BCUT2D eigenvalue weighted by Crippen LogP contribution is 2.47. The smallest absolute Gasteiger partial charge is 0.127 e. The minimum absolute atomic E-state index is 0.489. The molecule has 0 spiro atoms. The molecule has 1 unspecified atom stereocenters. The van der Waals surface area contributed by atoms with Gasteiger partial charge in [-0.1, -0.05) is 54.2 Å². The molecule has 0 bridgehead atoms. The van der Waals surface area contributed by atoms with Crippen LogP contribution in [-0.2, 0) is 5.75 Å². The van der Waals surface area contributed by atoms with Gasteiger partial charge in [-0.15, -0.1) is 11.8 Å². The molecule has 0 fully saturated rings. The fourth-order valence-electron chi connectivity index (χ4n) is 2.04. The Morgan fingerprint density at radius 2 is 1.78 bits per heavy atom. The van der Waals surface area contributed by atoms with Gasteiger partial charge >= 0.3 is 0 Å². The first-order valence-corrected chi connectivity index (χ1v) is 7.91. The van der Waals surface area contributed by atoms with E-state index in [1.807, 2.05) is 23.5 Å². The Morgan fingerprint density at radius 1 is 1.06 bits per heavy atom. The molecule has 92 valence electrons. The average molecular weight is 273 g/mol. The molecule has 0 amide bonds. The molecule has 0 N–H and O–H groups in total. The number of benzene rings is 2. The Kier molecular flexibility index (Phi) is 3.52.